The van der Waals surface area contributed by atoms with Crippen LogP contribution in [0.4, 0.5) is 0 Å². The van der Waals surface area contributed by atoms with Gasteiger partial charge in [-0.25, -0.2) is 15.0 Å². The van der Waals surface area contributed by atoms with Gasteiger partial charge < -0.3 is 48.6 Å². The average molecular weight is 1260 g/mol. The normalized spacial score (nSPS) is 12.3. The fourth-order valence-corrected chi connectivity index (χ4v) is 5.11. The number of amidine groups is 2. The Morgan fingerprint density at radius 3 is 1.03 bits per heavy atom. The van der Waals surface area contributed by atoms with Crippen molar-refractivity contribution in [2.24, 2.45) is 92.1 Å². The lowest BCUT2D eigenvalue weighted by Crippen LogP contribution is -2.38. The Balaban J connectivity index is -0.000000135. The number of aliphatic hydroxyl groups is 3. The van der Waals surface area contributed by atoms with Crippen LogP contribution in [0.3, 0.4) is 0 Å². The van der Waals surface area contributed by atoms with Gasteiger partial charge in [-0.05, 0) is 97.5 Å². The molecule has 524 valence electrons. The number of amides is 3. The van der Waals surface area contributed by atoms with Crippen LogP contribution in [0.15, 0.2) is 34.2 Å². The number of carbonyl (C=O) groups is 3. The largest absolute Gasteiger partial charge is 0.512 e. The number of imidazole rings is 2. The minimum atomic E-state index is -0.356. The number of rotatable bonds is 20. The van der Waals surface area contributed by atoms with Gasteiger partial charge in [0.1, 0.15) is 23.9 Å². The van der Waals surface area contributed by atoms with Crippen molar-refractivity contribution in [2.45, 2.75) is 316 Å². The molecule has 0 fully saturated rings. The van der Waals surface area contributed by atoms with Crippen molar-refractivity contribution < 1.29 is 34.7 Å². The first-order chi connectivity index (χ1) is 39.7. The second-order valence-electron chi connectivity index (χ2n) is 28.1. The highest BCUT2D eigenvalue weighted by Crippen LogP contribution is 2.16. The number of aliphatic imine (C=N–C) groups is 2. The van der Waals surface area contributed by atoms with E-state index in [1.54, 1.807) is 27.7 Å². The van der Waals surface area contributed by atoms with Crippen molar-refractivity contribution in [1.82, 2.24) is 25.6 Å². The lowest BCUT2D eigenvalue weighted by molar-refractivity contribution is -0.390. The molecule has 2 unspecified atom stereocenters. The lowest BCUT2D eigenvalue weighted by Gasteiger charge is -2.18. The van der Waals surface area contributed by atoms with E-state index in [-0.39, 0.29) is 59.8 Å². The third-order valence-electron chi connectivity index (χ3n) is 11.5. The molecule has 2 rings (SSSR count). The van der Waals surface area contributed by atoms with E-state index in [4.69, 9.17) is 28.0 Å². The van der Waals surface area contributed by atoms with E-state index < -0.39 is 0 Å². The fraction of sp³-hybridized carbons (Fsp3) is 0.814. The number of aliphatic hydroxyl groups excluding tert-OH is 3. The number of allylic oxidation sites excluding steroid dienone is 2. The summed E-state index contributed by atoms with van der Waals surface area (Å²) in [6.45, 7) is 72.8. The summed E-state index contributed by atoms with van der Waals surface area (Å²) < 4.78 is 0. The molecule has 16 N–H and O–H groups in total. The maximum Gasteiger partial charge on any atom is 0.254 e. The van der Waals surface area contributed by atoms with Crippen LogP contribution in [0.5, 0.6) is 0 Å². The molecular formula is C70H149N12O6+. The number of hydrogen-bond acceptors (Lipinski definition) is 10. The summed E-state index contributed by atoms with van der Waals surface area (Å²) in [6, 6.07) is 1.28. The minimum Gasteiger partial charge on any atom is -0.512 e. The highest BCUT2D eigenvalue weighted by molar-refractivity contribution is 5.82. The number of nitrogens with two attached hydrogens (primary N) is 4. The molecule has 0 saturated carbocycles. The summed E-state index contributed by atoms with van der Waals surface area (Å²) in [5.74, 6) is 9.06. The summed E-state index contributed by atoms with van der Waals surface area (Å²) in [5, 5.41) is 33.4. The van der Waals surface area contributed by atoms with E-state index in [1.165, 1.54) is 17.2 Å². The molecule has 0 aliphatic heterocycles. The molecule has 0 spiro atoms. The summed E-state index contributed by atoms with van der Waals surface area (Å²) >= 11 is 0. The Hall–Kier alpha value is -4.81. The second kappa shape index (κ2) is 57.4. The maximum atomic E-state index is 10.8. The van der Waals surface area contributed by atoms with E-state index in [2.05, 4.69) is 130 Å². The van der Waals surface area contributed by atoms with Gasteiger partial charge in [-0.1, -0.05) is 194 Å². The molecule has 18 heteroatoms. The summed E-state index contributed by atoms with van der Waals surface area (Å²) in [5.41, 5.74) is 23.2. The van der Waals surface area contributed by atoms with Crippen LogP contribution < -0.4 is 38.6 Å². The zero-order chi connectivity index (χ0) is 71.8. The Kier molecular flexibility index (Phi) is 64.8. The number of hydrogen-bond donors (Lipinski definition) is 11. The quantitative estimate of drug-likeness (QED) is 0.0258. The zero-order valence-electron chi connectivity index (χ0n) is 63.7. The lowest BCUT2D eigenvalue weighted by atomic mass is 9.98. The number of carbonyl (C=O) groups excluding carboxylic acids is 3. The Bertz CT molecular complexity index is 1840. The van der Waals surface area contributed by atoms with Crippen molar-refractivity contribution in [3.05, 3.63) is 47.3 Å². The van der Waals surface area contributed by atoms with Crippen molar-refractivity contribution >= 4 is 29.4 Å². The molecule has 0 aliphatic rings. The Labute approximate surface area is 542 Å². The van der Waals surface area contributed by atoms with Gasteiger partial charge in [-0.3, -0.25) is 29.7 Å². The van der Waals surface area contributed by atoms with Crippen LogP contribution >= 0.6 is 0 Å². The average Bonchev–Trinajstić information content (AvgIpc) is 4.07. The zero-order valence-corrected chi connectivity index (χ0v) is 63.7. The molecule has 2 aromatic rings. The van der Waals surface area contributed by atoms with Crippen LogP contribution in [-0.4, -0.2) is 96.2 Å². The predicted molar refractivity (Wildman–Crippen MR) is 381 cm³/mol. The van der Waals surface area contributed by atoms with E-state index in [0.29, 0.717) is 83.1 Å². The van der Waals surface area contributed by atoms with Crippen LogP contribution in [0, 0.1) is 59.2 Å². The van der Waals surface area contributed by atoms with Crippen LogP contribution in [0.25, 0.3) is 0 Å². The monoisotopic (exact) mass is 1250 g/mol. The third-order valence-corrected chi connectivity index (χ3v) is 11.5. The van der Waals surface area contributed by atoms with Crippen molar-refractivity contribution in [2.75, 3.05) is 0 Å². The molecule has 18 nitrogen and oxygen atoms in total. The van der Waals surface area contributed by atoms with E-state index in [0.717, 1.165) is 23.9 Å². The maximum absolute atomic E-state index is 10.8. The first kappa shape index (κ1) is 99.4. The van der Waals surface area contributed by atoms with Crippen molar-refractivity contribution in [3.8, 4) is 0 Å². The Morgan fingerprint density at radius 2 is 0.909 bits per heavy atom. The molecular weight excluding hydrogens is 1100 g/mol. The first-order valence-electron chi connectivity index (χ1n) is 33.0. The second-order valence-corrected chi connectivity index (χ2v) is 28.1. The smallest absolute Gasteiger partial charge is 0.254 e. The highest BCUT2D eigenvalue weighted by Gasteiger charge is 2.14. The van der Waals surface area contributed by atoms with Gasteiger partial charge in [0, 0.05) is 83.4 Å². The van der Waals surface area contributed by atoms with Crippen LogP contribution in [0.1, 0.15) is 302 Å². The third kappa shape index (κ3) is 71.9. The van der Waals surface area contributed by atoms with Gasteiger partial charge >= 0.3 is 0 Å². The van der Waals surface area contributed by atoms with Gasteiger partial charge in [0.2, 0.25) is 17.7 Å². The molecule has 2 heterocycles. The topological polar surface area (TPSA) is 323 Å². The Morgan fingerprint density at radius 1 is 0.523 bits per heavy atom. The minimum absolute atomic E-state index is 0.00926. The molecule has 88 heavy (non-hydrogen) atoms. The standard InChI is InChI=1S/2C9H16N2.C8H18O.C8H16O.2C7H16N2.C7H17NO.C7H15NO.2C4H9NO/c2*1-6(2)8-5-10-9(11-8)7(3)4;2*1-6(2)5-8(9)7(3)4;2*1-5(2)7(8)9-6(3)4;2*1-5(2)7(9)8-6(3)4;2*1-3(2)4(5)6/h2*5-7H,1-4H3,(H,10,11);6-9H,5H2,1-4H3;5-7,9H,1-4H3;2*5-6H,1-4H3,(H2,8,9);5-9H,1-4H3;5-6H,1-4H3,(H,8,9);2*3H,1-2H3,(H2,5,6)/p+1/b;;;8-5-;;;;;;. The van der Waals surface area contributed by atoms with Gasteiger partial charge in [-0.15, -0.1) is 0 Å². The number of aromatic nitrogens is 4. The summed E-state index contributed by atoms with van der Waals surface area (Å²) in [4.78, 5) is 53.2. The van der Waals surface area contributed by atoms with Gasteiger partial charge in [0.25, 0.3) is 5.82 Å². The van der Waals surface area contributed by atoms with Crippen LogP contribution in [0.2, 0.25) is 0 Å². The molecule has 2 atom stereocenters. The molecule has 0 saturated heterocycles. The van der Waals surface area contributed by atoms with Crippen molar-refractivity contribution in [1.29, 1.82) is 0 Å². The van der Waals surface area contributed by atoms with E-state index in [9.17, 15) is 24.6 Å². The fourth-order valence-electron chi connectivity index (χ4n) is 5.11. The molecule has 3 amide bonds. The molecule has 0 aliphatic carbocycles. The number of nitrogens with zero attached hydrogens (tertiary/aromatic N) is 3. The number of nitrogens with one attached hydrogen (secondary N) is 5. The first-order valence-corrected chi connectivity index (χ1v) is 33.0. The van der Waals surface area contributed by atoms with Crippen molar-refractivity contribution in [3.63, 3.8) is 0 Å². The number of primary amides is 2. The van der Waals surface area contributed by atoms with E-state index >= 15 is 0 Å². The van der Waals surface area contributed by atoms with Crippen LogP contribution in [-0.2, 0) is 14.4 Å². The number of H-pyrrole nitrogens is 3. The summed E-state index contributed by atoms with van der Waals surface area (Å²) in [7, 11) is 0. The molecule has 0 aromatic carbocycles. The van der Waals surface area contributed by atoms with E-state index in [1.807, 2.05) is 151 Å². The molecule has 0 bridgehead atoms. The molecule has 0 radical (unpaired) electrons. The number of aromatic amines is 3. The molecule has 2 aromatic heterocycles. The highest BCUT2D eigenvalue weighted by atomic mass is 16.3. The van der Waals surface area contributed by atoms with Gasteiger partial charge in [0.05, 0.1) is 29.5 Å². The predicted octanol–water partition coefficient (Wildman–Crippen LogP) is 14.7. The van der Waals surface area contributed by atoms with Gasteiger partial charge in [0.15, 0.2) is 0 Å². The summed E-state index contributed by atoms with van der Waals surface area (Å²) in [6.07, 6.45) is 6.33. The van der Waals surface area contributed by atoms with Gasteiger partial charge in [-0.2, -0.15) is 0 Å². The SMILES string of the molecule is CC(C)/C=C(\O)C(C)C.CC(C)C(N)=O.CC(C)C(N)=O.CC(C)CC(O)C(C)C.CC(C)N=C(N)C(C)C.CC(C)N=C(N)C(C)C.CC(C)NC(=O)C(C)C.CC(C)NC(O)C(C)C.CC(C)c1c[nH+]c(C(C)C)[nH]1.CC(C)c1cnc(C(C)C)[nH]1.